The van der Waals surface area contributed by atoms with Gasteiger partial charge >= 0.3 is 0 Å². The lowest BCUT2D eigenvalue weighted by Gasteiger charge is -1.98. The summed E-state index contributed by atoms with van der Waals surface area (Å²) in [6.45, 7) is 4.22. The summed E-state index contributed by atoms with van der Waals surface area (Å²) in [5, 5.41) is 4.31. The lowest BCUT2D eigenvalue weighted by molar-refractivity contribution is 0.915. The highest BCUT2D eigenvalue weighted by molar-refractivity contribution is 5.54. The molecular weight excluding hydrogens is 148 g/mol. The lowest BCUT2D eigenvalue weighted by atomic mass is 10.2. The smallest absolute Gasteiger partial charge is 0.0696 e. The van der Waals surface area contributed by atoms with E-state index in [1.807, 2.05) is 10.7 Å². The van der Waals surface area contributed by atoms with E-state index in [9.17, 15) is 0 Å². The number of fused-ring (bicyclic) bond motifs is 1. The van der Waals surface area contributed by atoms with E-state index < -0.39 is 0 Å². The Labute approximate surface area is 71.8 Å². The normalized spacial score (nSPS) is 10.8. The predicted octanol–water partition coefficient (Wildman–Crippen LogP) is 2.21. The van der Waals surface area contributed by atoms with E-state index in [0.717, 1.165) is 6.42 Å². The van der Waals surface area contributed by atoms with Crippen LogP contribution in [0.4, 0.5) is 0 Å². The van der Waals surface area contributed by atoms with E-state index >= 15 is 0 Å². The van der Waals surface area contributed by atoms with Gasteiger partial charge in [-0.15, -0.1) is 0 Å². The summed E-state index contributed by atoms with van der Waals surface area (Å²) in [6, 6.07) is 6.25. The molecule has 2 nitrogen and oxygen atoms in total. The Balaban J connectivity index is 2.80. The number of rotatable bonds is 1. The first kappa shape index (κ1) is 7.35. The molecule has 0 aliphatic carbocycles. The third kappa shape index (κ3) is 0.916. The topological polar surface area (TPSA) is 17.3 Å². The first-order valence-corrected chi connectivity index (χ1v) is 4.25. The third-order valence-electron chi connectivity index (χ3n) is 2.19. The minimum absolute atomic E-state index is 1.05. The van der Waals surface area contributed by atoms with Crippen LogP contribution in [0.2, 0.25) is 0 Å². The number of aryl methyl sites for hydroxylation is 2. The summed E-state index contributed by atoms with van der Waals surface area (Å²) in [7, 11) is 0. The van der Waals surface area contributed by atoms with Crippen molar-refractivity contribution in [2.24, 2.45) is 0 Å². The Hall–Kier alpha value is -1.31. The first-order valence-electron chi connectivity index (χ1n) is 4.25. The standard InChI is InChI=1S/C10H12N2/c1-3-9-7-11-12-8(2)5-4-6-10(9)12/h4-7H,3H2,1-2H3. The van der Waals surface area contributed by atoms with Crippen LogP contribution in [0.15, 0.2) is 24.4 Å². The Morgan fingerprint density at radius 1 is 1.42 bits per heavy atom. The Kier molecular flexibility index (Phi) is 1.61. The summed E-state index contributed by atoms with van der Waals surface area (Å²) in [5.74, 6) is 0. The average Bonchev–Trinajstić information content (AvgIpc) is 2.49. The molecule has 0 amide bonds. The maximum Gasteiger partial charge on any atom is 0.0696 e. The second kappa shape index (κ2) is 2.63. The van der Waals surface area contributed by atoms with Gasteiger partial charge in [-0.3, -0.25) is 0 Å². The van der Waals surface area contributed by atoms with Crippen molar-refractivity contribution in [3.63, 3.8) is 0 Å². The molecule has 0 aliphatic rings. The molecule has 0 saturated heterocycles. The van der Waals surface area contributed by atoms with Gasteiger partial charge in [-0.25, -0.2) is 4.52 Å². The first-order chi connectivity index (χ1) is 5.83. The van der Waals surface area contributed by atoms with Crippen LogP contribution in [0.3, 0.4) is 0 Å². The molecule has 0 spiro atoms. The maximum atomic E-state index is 4.31. The van der Waals surface area contributed by atoms with Crippen molar-refractivity contribution in [1.82, 2.24) is 9.61 Å². The van der Waals surface area contributed by atoms with Gasteiger partial charge in [0, 0.05) is 5.69 Å². The summed E-state index contributed by atoms with van der Waals surface area (Å²) in [5.41, 5.74) is 3.74. The van der Waals surface area contributed by atoms with E-state index in [0.29, 0.717) is 0 Å². The molecule has 62 valence electrons. The lowest BCUT2D eigenvalue weighted by Crippen LogP contribution is -1.91. The molecule has 2 heteroatoms. The van der Waals surface area contributed by atoms with Gasteiger partial charge in [-0.1, -0.05) is 13.0 Å². The van der Waals surface area contributed by atoms with Crippen molar-refractivity contribution in [2.75, 3.05) is 0 Å². The summed E-state index contributed by atoms with van der Waals surface area (Å²) >= 11 is 0. The van der Waals surface area contributed by atoms with Crippen molar-refractivity contribution in [3.8, 4) is 0 Å². The fraction of sp³-hybridized carbons (Fsp3) is 0.300. The maximum absolute atomic E-state index is 4.31. The predicted molar refractivity (Wildman–Crippen MR) is 49.3 cm³/mol. The van der Waals surface area contributed by atoms with Crippen LogP contribution in [0.25, 0.3) is 5.52 Å². The summed E-state index contributed by atoms with van der Waals surface area (Å²) in [6.07, 6.45) is 3.00. The summed E-state index contributed by atoms with van der Waals surface area (Å²) in [4.78, 5) is 0. The van der Waals surface area contributed by atoms with Crippen molar-refractivity contribution >= 4 is 5.52 Å². The van der Waals surface area contributed by atoms with E-state index in [1.165, 1.54) is 16.8 Å². The molecule has 12 heavy (non-hydrogen) atoms. The Bertz CT molecular complexity index is 401. The molecule has 2 aromatic heterocycles. The van der Waals surface area contributed by atoms with E-state index in [1.54, 1.807) is 0 Å². The van der Waals surface area contributed by atoms with Crippen molar-refractivity contribution in [1.29, 1.82) is 0 Å². The van der Waals surface area contributed by atoms with Crippen molar-refractivity contribution < 1.29 is 0 Å². The van der Waals surface area contributed by atoms with Crippen LogP contribution in [0, 0.1) is 6.92 Å². The van der Waals surface area contributed by atoms with E-state index in [4.69, 9.17) is 0 Å². The van der Waals surface area contributed by atoms with Gasteiger partial charge in [0.1, 0.15) is 0 Å². The molecule has 0 aliphatic heterocycles. The molecule has 0 saturated carbocycles. The van der Waals surface area contributed by atoms with Gasteiger partial charge in [0.25, 0.3) is 0 Å². The largest absolute Gasteiger partial charge is 0.238 e. The molecule has 0 fully saturated rings. The zero-order chi connectivity index (χ0) is 8.55. The second-order valence-corrected chi connectivity index (χ2v) is 2.99. The van der Waals surface area contributed by atoms with Gasteiger partial charge in [0.15, 0.2) is 0 Å². The molecule has 0 unspecified atom stereocenters. The van der Waals surface area contributed by atoms with Crippen LogP contribution in [0.1, 0.15) is 18.2 Å². The number of aromatic nitrogens is 2. The molecular formula is C10H12N2. The fourth-order valence-electron chi connectivity index (χ4n) is 1.47. The van der Waals surface area contributed by atoms with Gasteiger partial charge in [-0.05, 0) is 31.0 Å². The molecule has 0 radical (unpaired) electrons. The quantitative estimate of drug-likeness (QED) is 0.625. The van der Waals surface area contributed by atoms with Crippen LogP contribution in [-0.2, 0) is 6.42 Å². The van der Waals surface area contributed by atoms with Crippen LogP contribution in [-0.4, -0.2) is 9.61 Å². The minimum atomic E-state index is 1.05. The zero-order valence-electron chi connectivity index (χ0n) is 7.41. The van der Waals surface area contributed by atoms with Gasteiger partial charge < -0.3 is 0 Å². The SMILES string of the molecule is CCc1cnn2c(C)cccc12. The molecule has 2 aromatic rings. The van der Waals surface area contributed by atoms with Gasteiger partial charge in [0.05, 0.1) is 11.7 Å². The van der Waals surface area contributed by atoms with Crippen molar-refractivity contribution in [3.05, 3.63) is 35.7 Å². The highest BCUT2D eigenvalue weighted by atomic mass is 15.2. The Morgan fingerprint density at radius 2 is 2.25 bits per heavy atom. The Morgan fingerprint density at radius 3 is 3.00 bits per heavy atom. The molecule has 0 atom stereocenters. The van der Waals surface area contributed by atoms with Crippen LogP contribution in [0.5, 0.6) is 0 Å². The molecule has 0 aromatic carbocycles. The van der Waals surface area contributed by atoms with Crippen molar-refractivity contribution in [2.45, 2.75) is 20.3 Å². The fourth-order valence-corrected chi connectivity index (χ4v) is 1.47. The number of hydrogen-bond acceptors (Lipinski definition) is 1. The van der Waals surface area contributed by atoms with E-state index in [-0.39, 0.29) is 0 Å². The molecule has 2 rings (SSSR count). The second-order valence-electron chi connectivity index (χ2n) is 2.99. The monoisotopic (exact) mass is 160 g/mol. The minimum Gasteiger partial charge on any atom is -0.238 e. The zero-order valence-corrected chi connectivity index (χ0v) is 7.41. The number of hydrogen-bond donors (Lipinski definition) is 0. The number of pyridine rings is 1. The van der Waals surface area contributed by atoms with Crippen LogP contribution < -0.4 is 0 Å². The van der Waals surface area contributed by atoms with Gasteiger partial charge in [0.2, 0.25) is 0 Å². The summed E-state index contributed by atoms with van der Waals surface area (Å²) < 4.78 is 1.98. The molecule has 2 heterocycles. The highest BCUT2D eigenvalue weighted by Crippen LogP contribution is 2.12. The van der Waals surface area contributed by atoms with E-state index in [2.05, 4.69) is 37.1 Å². The van der Waals surface area contributed by atoms with Gasteiger partial charge in [-0.2, -0.15) is 5.10 Å². The average molecular weight is 160 g/mol. The number of nitrogens with zero attached hydrogens (tertiary/aromatic N) is 2. The van der Waals surface area contributed by atoms with Crippen LogP contribution >= 0.6 is 0 Å². The third-order valence-corrected chi connectivity index (χ3v) is 2.19. The molecule has 0 N–H and O–H groups in total. The molecule has 0 bridgehead atoms. The highest BCUT2D eigenvalue weighted by Gasteiger charge is 2.01.